The van der Waals surface area contributed by atoms with Crippen LogP contribution in [0, 0.1) is 0 Å². The maximum absolute atomic E-state index is 13.4. The molecule has 0 fully saturated rings. The van der Waals surface area contributed by atoms with Crippen molar-refractivity contribution in [2.75, 3.05) is 9.44 Å². The molecule has 0 amide bonds. The molecule has 4 nitrogen and oxygen atoms in total. The lowest BCUT2D eigenvalue weighted by molar-refractivity contribution is 0.606. The lowest BCUT2D eigenvalue weighted by atomic mass is 10.0. The second-order valence-electron chi connectivity index (χ2n) is 10.1. The highest BCUT2D eigenvalue weighted by molar-refractivity contribution is 7.94. The molecule has 0 bridgehead atoms. The Labute approximate surface area is 255 Å². The maximum Gasteiger partial charge on any atom is 0.321 e. The lowest BCUT2D eigenvalue weighted by Gasteiger charge is -2.27. The molecule has 1 aliphatic heterocycles. The summed E-state index contributed by atoms with van der Waals surface area (Å²) in [4.78, 5) is 0. The molecule has 210 valence electrons. The van der Waals surface area contributed by atoms with Crippen LogP contribution in [0.1, 0.15) is 0 Å². The third-order valence-electron chi connectivity index (χ3n) is 7.36. The van der Waals surface area contributed by atoms with E-state index < -0.39 is 26.1 Å². The van der Waals surface area contributed by atoms with Crippen LogP contribution in [0.2, 0.25) is 0 Å². The lowest BCUT2D eigenvalue weighted by Crippen LogP contribution is -2.26. The van der Waals surface area contributed by atoms with Gasteiger partial charge in [-0.2, -0.15) is 8.42 Å². The molecule has 2 N–H and O–H groups in total. The van der Waals surface area contributed by atoms with Gasteiger partial charge in [0.15, 0.2) is 0 Å². The standard InChI is InChI=1S/C36H28N2O2P2S/c39-43(40)37-31-23-13-25-33(41(27-15-5-1-6-16-27)28-17-7-2-8-18-28)35(31)36-32(38-43)24-14-26-34(36)42(29-19-9-3-10-20-29)30-21-11-4-12-22-30/h1-26,37-38H. The predicted molar refractivity (Wildman–Crippen MR) is 185 cm³/mol. The number of anilines is 2. The molecule has 0 aliphatic carbocycles. The average Bonchev–Trinajstić information content (AvgIpc) is 3.16. The van der Waals surface area contributed by atoms with Gasteiger partial charge in [0.25, 0.3) is 0 Å². The van der Waals surface area contributed by atoms with E-state index in [1.165, 1.54) is 21.2 Å². The number of fused-ring (bicyclic) bond motifs is 3. The van der Waals surface area contributed by atoms with Crippen molar-refractivity contribution in [1.29, 1.82) is 0 Å². The van der Waals surface area contributed by atoms with Crippen molar-refractivity contribution in [1.82, 2.24) is 0 Å². The van der Waals surface area contributed by atoms with Crippen molar-refractivity contribution in [2.45, 2.75) is 0 Å². The Bertz CT molecular complexity index is 1770. The van der Waals surface area contributed by atoms with Crippen LogP contribution >= 0.6 is 15.8 Å². The molecule has 0 atom stereocenters. The van der Waals surface area contributed by atoms with Gasteiger partial charge in [0, 0.05) is 11.1 Å². The van der Waals surface area contributed by atoms with E-state index in [4.69, 9.17) is 0 Å². The summed E-state index contributed by atoms with van der Waals surface area (Å²) in [5, 5.41) is 6.99. The minimum atomic E-state index is -3.88. The molecule has 6 aromatic rings. The van der Waals surface area contributed by atoms with Gasteiger partial charge in [0.1, 0.15) is 0 Å². The monoisotopic (exact) mass is 614 g/mol. The van der Waals surface area contributed by atoms with E-state index >= 15 is 0 Å². The van der Waals surface area contributed by atoms with Crippen LogP contribution in [0.4, 0.5) is 11.4 Å². The molecule has 0 unspecified atom stereocenters. The second-order valence-corrected chi connectivity index (χ2v) is 15.9. The van der Waals surface area contributed by atoms with Gasteiger partial charge in [-0.3, -0.25) is 9.44 Å². The highest BCUT2D eigenvalue weighted by Crippen LogP contribution is 2.47. The smallest absolute Gasteiger partial charge is 0.266 e. The highest BCUT2D eigenvalue weighted by atomic mass is 32.2. The van der Waals surface area contributed by atoms with Crippen molar-refractivity contribution in [3.05, 3.63) is 158 Å². The average molecular weight is 615 g/mol. The third kappa shape index (κ3) is 5.48. The fraction of sp³-hybridized carbons (Fsp3) is 0. The van der Waals surface area contributed by atoms with Crippen molar-refractivity contribution in [2.24, 2.45) is 0 Å². The topological polar surface area (TPSA) is 58.2 Å². The molecule has 0 spiro atoms. The van der Waals surface area contributed by atoms with Gasteiger partial charge in [0.05, 0.1) is 11.4 Å². The van der Waals surface area contributed by atoms with Crippen molar-refractivity contribution in [3.8, 4) is 11.1 Å². The molecule has 7 heteroatoms. The van der Waals surface area contributed by atoms with Gasteiger partial charge < -0.3 is 0 Å². The van der Waals surface area contributed by atoms with Crippen LogP contribution in [-0.4, -0.2) is 8.42 Å². The minimum absolute atomic E-state index is 0.576. The summed E-state index contributed by atoms with van der Waals surface area (Å²) in [7, 11) is -5.92. The van der Waals surface area contributed by atoms with Crippen molar-refractivity contribution >= 4 is 69.3 Å². The number of hydrogen-bond acceptors (Lipinski definition) is 2. The summed E-state index contributed by atoms with van der Waals surface area (Å²) in [5.41, 5.74) is 2.98. The Balaban J connectivity index is 1.57. The van der Waals surface area contributed by atoms with E-state index in [1.54, 1.807) is 0 Å². The Morgan fingerprint density at radius 2 is 0.674 bits per heavy atom. The van der Waals surface area contributed by atoms with Crippen molar-refractivity contribution < 1.29 is 8.42 Å². The van der Waals surface area contributed by atoms with Gasteiger partial charge in [0.2, 0.25) is 0 Å². The molecular formula is C36H28N2O2P2S. The van der Waals surface area contributed by atoms with E-state index in [0.717, 1.165) is 21.7 Å². The zero-order chi connectivity index (χ0) is 29.2. The Hall–Kier alpha value is -4.27. The number of nitrogens with one attached hydrogen (secondary N) is 2. The Morgan fingerprint density at radius 1 is 0.372 bits per heavy atom. The van der Waals surface area contributed by atoms with Crippen LogP contribution in [0.5, 0.6) is 0 Å². The van der Waals surface area contributed by atoms with Gasteiger partial charge in [-0.15, -0.1) is 0 Å². The molecule has 1 heterocycles. The maximum atomic E-state index is 13.4. The first-order chi connectivity index (χ1) is 21.1. The molecule has 1 aliphatic rings. The summed E-state index contributed by atoms with van der Waals surface area (Å²) >= 11 is 0. The van der Waals surface area contributed by atoms with Crippen LogP contribution in [0.3, 0.4) is 0 Å². The largest absolute Gasteiger partial charge is 0.321 e. The summed E-state index contributed by atoms with van der Waals surface area (Å²) in [6.07, 6.45) is 0. The first-order valence-electron chi connectivity index (χ1n) is 14.0. The minimum Gasteiger partial charge on any atom is -0.266 e. The van der Waals surface area contributed by atoms with Gasteiger partial charge in [-0.1, -0.05) is 146 Å². The second kappa shape index (κ2) is 11.8. The van der Waals surface area contributed by atoms with Crippen LogP contribution in [0.15, 0.2) is 158 Å². The Morgan fingerprint density at radius 3 is 0.977 bits per heavy atom. The van der Waals surface area contributed by atoms with Gasteiger partial charge in [-0.25, -0.2) is 0 Å². The normalized spacial score (nSPS) is 13.3. The Kier molecular flexibility index (Phi) is 7.55. The van der Waals surface area contributed by atoms with Crippen molar-refractivity contribution in [3.63, 3.8) is 0 Å². The van der Waals surface area contributed by atoms with E-state index in [-0.39, 0.29) is 0 Å². The molecule has 0 aromatic heterocycles. The van der Waals surface area contributed by atoms with E-state index in [2.05, 4.69) is 119 Å². The van der Waals surface area contributed by atoms with E-state index in [1.807, 2.05) is 48.5 Å². The first kappa shape index (κ1) is 27.6. The molecular weight excluding hydrogens is 586 g/mol. The highest BCUT2D eigenvalue weighted by Gasteiger charge is 2.32. The summed E-state index contributed by atoms with van der Waals surface area (Å²) in [6.45, 7) is 0. The van der Waals surface area contributed by atoms with Gasteiger partial charge >= 0.3 is 10.2 Å². The SMILES string of the molecule is O=S1(=O)Nc2cccc(P(c3ccccc3)c3ccccc3)c2-c2c(cccc2P(c2ccccc2)c2ccccc2)N1. The fourth-order valence-electron chi connectivity index (χ4n) is 5.63. The van der Waals surface area contributed by atoms with Gasteiger partial charge in [-0.05, 0) is 59.8 Å². The molecule has 6 aromatic carbocycles. The molecule has 0 radical (unpaired) electrons. The summed E-state index contributed by atoms with van der Waals surface area (Å²) < 4.78 is 32.6. The van der Waals surface area contributed by atoms with E-state index in [9.17, 15) is 8.42 Å². The molecule has 7 rings (SSSR count). The fourth-order valence-corrected chi connectivity index (χ4v) is 11.6. The predicted octanol–water partition coefficient (Wildman–Crippen LogP) is 5.95. The number of benzene rings is 6. The molecule has 43 heavy (non-hydrogen) atoms. The van der Waals surface area contributed by atoms with E-state index in [0.29, 0.717) is 11.4 Å². The first-order valence-corrected chi connectivity index (χ1v) is 18.1. The number of hydrogen-bond donors (Lipinski definition) is 2. The number of rotatable bonds is 6. The summed E-state index contributed by atoms with van der Waals surface area (Å²) in [5.74, 6) is 0. The zero-order valence-electron chi connectivity index (χ0n) is 23.1. The quantitative estimate of drug-likeness (QED) is 0.228. The zero-order valence-corrected chi connectivity index (χ0v) is 25.7. The molecule has 0 saturated carbocycles. The third-order valence-corrected chi connectivity index (χ3v) is 13.3. The van der Waals surface area contributed by atoms with Crippen LogP contribution < -0.4 is 41.3 Å². The molecule has 0 saturated heterocycles. The summed E-state index contributed by atoms with van der Waals surface area (Å²) in [6, 6.07) is 54.1. The van der Waals surface area contributed by atoms with Crippen LogP contribution in [0.25, 0.3) is 11.1 Å². The van der Waals surface area contributed by atoms with Crippen LogP contribution in [-0.2, 0) is 10.2 Å².